The molecule has 0 aliphatic rings. The van der Waals surface area contributed by atoms with Crippen LogP contribution in [-0.4, -0.2) is 24.4 Å². The molecule has 0 atom stereocenters. The summed E-state index contributed by atoms with van der Waals surface area (Å²) in [5.41, 5.74) is 0.0207. The molecule has 6 heteroatoms. The number of ether oxygens (including phenoxy) is 1. The number of hydrogen-bond donors (Lipinski definition) is 2. The van der Waals surface area contributed by atoms with Gasteiger partial charge in [0.15, 0.2) is 0 Å². The Balaban J connectivity index is 2.63. The zero-order valence-electron chi connectivity index (χ0n) is 7.67. The minimum atomic E-state index is -0.805. The van der Waals surface area contributed by atoms with E-state index in [2.05, 4.69) is 26.0 Å². The molecule has 4 nitrogen and oxygen atoms in total. The van der Waals surface area contributed by atoms with Crippen molar-refractivity contribution in [1.82, 2.24) is 0 Å². The molecule has 0 saturated carbocycles. The van der Waals surface area contributed by atoms with Crippen molar-refractivity contribution in [3.63, 3.8) is 0 Å². The van der Waals surface area contributed by atoms with Crippen molar-refractivity contribution in [2.45, 2.75) is 0 Å². The fourth-order valence-electron chi connectivity index (χ4n) is 0.878. The van der Waals surface area contributed by atoms with Crippen LogP contribution in [0.2, 0.25) is 0 Å². The molecule has 2 N–H and O–H groups in total. The van der Waals surface area contributed by atoms with Crippen molar-refractivity contribution in [2.24, 2.45) is 0 Å². The third kappa shape index (κ3) is 3.85. The van der Waals surface area contributed by atoms with Crippen LogP contribution < -0.4 is 5.32 Å². The van der Waals surface area contributed by atoms with Crippen molar-refractivity contribution in [3.05, 3.63) is 28.5 Å². The number of benzene rings is 1. The van der Waals surface area contributed by atoms with Gasteiger partial charge in [0.1, 0.15) is 12.4 Å². The first-order chi connectivity index (χ1) is 7.13. The summed E-state index contributed by atoms with van der Waals surface area (Å²) in [5, 5.41) is 10.6. The number of carbonyl (C=O) groups excluding carboxylic acids is 1. The molecular formula is C9H9BrFNO3. The van der Waals surface area contributed by atoms with Gasteiger partial charge < -0.3 is 9.84 Å². The third-order valence-electron chi connectivity index (χ3n) is 1.49. The molecule has 0 aliphatic carbocycles. The maximum absolute atomic E-state index is 13.1. The van der Waals surface area contributed by atoms with E-state index in [1.54, 1.807) is 0 Å². The monoisotopic (exact) mass is 277 g/mol. The maximum Gasteiger partial charge on any atom is 0.411 e. The van der Waals surface area contributed by atoms with Crippen molar-refractivity contribution in [2.75, 3.05) is 18.5 Å². The average molecular weight is 278 g/mol. The van der Waals surface area contributed by atoms with Crippen molar-refractivity contribution in [3.8, 4) is 0 Å². The predicted molar refractivity (Wildman–Crippen MR) is 56.2 cm³/mol. The van der Waals surface area contributed by atoms with E-state index < -0.39 is 11.9 Å². The molecule has 0 fully saturated rings. The topological polar surface area (TPSA) is 58.6 Å². The van der Waals surface area contributed by atoms with Crippen LogP contribution in [-0.2, 0) is 4.74 Å². The van der Waals surface area contributed by atoms with E-state index in [-0.39, 0.29) is 18.9 Å². The summed E-state index contributed by atoms with van der Waals surface area (Å²) in [6.07, 6.45) is -0.805. The quantitative estimate of drug-likeness (QED) is 0.890. The Kier molecular flexibility index (Phi) is 4.51. The van der Waals surface area contributed by atoms with Crippen molar-refractivity contribution in [1.29, 1.82) is 0 Å². The molecule has 0 saturated heterocycles. The van der Waals surface area contributed by atoms with Gasteiger partial charge in [-0.25, -0.2) is 9.18 Å². The molecule has 0 heterocycles. The van der Waals surface area contributed by atoms with Crippen LogP contribution in [0.15, 0.2) is 22.7 Å². The number of amides is 1. The minimum absolute atomic E-state index is 0.0207. The number of aliphatic hydroxyl groups is 1. The number of anilines is 1. The number of halogens is 2. The van der Waals surface area contributed by atoms with E-state index in [9.17, 15) is 9.18 Å². The van der Waals surface area contributed by atoms with E-state index in [0.29, 0.717) is 4.47 Å². The second-order valence-corrected chi connectivity index (χ2v) is 3.52. The van der Waals surface area contributed by atoms with Gasteiger partial charge >= 0.3 is 6.09 Å². The first-order valence-corrected chi connectivity index (χ1v) is 4.92. The summed E-state index contributed by atoms with van der Waals surface area (Å²) in [6.45, 7) is -0.393. The minimum Gasteiger partial charge on any atom is -0.447 e. The number of nitrogens with one attached hydrogen (secondary N) is 1. The van der Waals surface area contributed by atoms with E-state index in [4.69, 9.17) is 5.11 Å². The lowest BCUT2D eigenvalue weighted by atomic mass is 10.3. The highest BCUT2D eigenvalue weighted by molar-refractivity contribution is 9.10. The van der Waals surface area contributed by atoms with E-state index in [1.165, 1.54) is 18.2 Å². The smallest absolute Gasteiger partial charge is 0.411 e. The molecule has 1 amide bonds. The van der Waals surface area contributed by atoms with Crippen LogP contribution in [0.25, 0.3) is 0 Å². The second-order valence-electron chi connectivity index (χ2n) is 2.61. The Morgan fingerprint density at radius 1 is 1.60 bits per heavy atom. The largest absolute Gasteiger partial charge is 0.447 e. The van der Waals surface area contributed by atoms with Gasteiger partial charge in [0.2, 0.25) is 0 Å². The number of rotatable bonds is 3. The van der Waals surface area contributed by atoms with Gasteiger partial charge in [0.25, 0.3) is 0 Å². The summed E-state index contributed by atoms with van der Waals surface area (Å²) in [6, 6.07) is 4.14. The Labute approximate surface area is 94.2 Å². The van der Waals surface area contributed by atoms with Gasteiger partial charge in [-0.05, 0) is 18.2 Å². The lowest BCUT2D eigenvalue weighted by Gasteiger charge is -2.06. The molecule has 1 aromatic carbocycles. The first kappa shape index (κ1) is 11.9. The Bertz CT molecular complexity index is 359. The lowest BCUT2D eigenvalue weighted by molar-refractivity contribution is 0.131. The molecule has 0 unspecified atom stereocenters. The van der Waals surface area contributed by atoms with Gasteiger partial charge in [0.05, 0.1) is 12.3 Å². The summed E-state index contributed by atoms with van der Waals surface area (Å²) >= 11 is 3.14. The van der Waals surface area contributed by atoms with Crippen molar-refractivity contribution < 1.29 is 19.0 Å². The predicted octanol–water partition coefficient (Wildman–Crippen LogP) is 2.13. The van der Waals surface area contributed by atoms with Crippen LogP contribution in [0.5, 0.6) is 0 Å². The molecule has 1 rings (SSSR count). The van der Waals surface area contributed by atoms with Crippen LogP contribution in [0.4, 0.5) is 14.9 Å². The summed E-state index contributed by atoms with van der Waals surface area (Å²) in [5.74, 6) is -0.556. The molecule has 0 aromatic heterocycles. The normalized spacial score (nSPS) is 9.80. The lowest BCUT2D eigenvalue weighted by Crippen LogP contribution is -2.16. The fourth-order valence-corrected chi connectivity index (χ4v) is 1.24. The van der Waals surface area contributed by atoms with Crippen molar-refractivity contribution >= 4 is 27.7 Å². The van der Waals surface area contributed by atoms with Crippen LogP contribution in [0, 0.1) is 5.82 Å². The van der Waals surface area contributed by atoms with E-state index >= 15 is 0 Å². The van der Waals surface area contributed by atoms with Crippen LogP contribution >= 0.6 is 15.9 Å². The van der Waals surface area contributed by atoms with Gasteiger partial charge in [-0.15, -0.1) is 0 Å². The highest BCUT2D eigenvalue weighted by Gasteiger charge is 2.07. The zero-order chi connectivity index (χ0) is 11.3. The van der Waals surface area contributed by atoms with Gasteiger partial charge in [-0.2, -0.15) is 0 Å². The first-order valence-electron chi connectivity index (χ1n) is 4.13. The SMILES string of the molecule is O=C(Nc1cc(Br)ccc1F)OCCO. The Morgan fingerprint density at radius 3 is 3.00 bits per heavy atom. The van der Waals surface area contributed by atoms with E-state index in [0.717, 1.165) is 0 Å². The third-order valence-corrected chi connectivity index (χ3v) is 1.98. The summed E-state index contributed by atoms with van der Waals surface area (Å²) in [4.78, 5) is 11.0. The molecule has 0 aliphatic heterocycles. The standard InChI is InChI=1S/C9H9BrFNO3/c10-6-1-2-7(11)8(5-6)12-9(14)15-4-3-13/h1-2,5,13H,3-4H2,(H,12,14). The Hall–Kier alpha value is -1.14. The fraction of sp³-hybridized carbons (Fsp3) is 0.222. The molecule has 0 bridgehead atoms. The second kappa shape index (κ2) is 5.67. The summed E-state index contributed by atoms with van der Waals surface area (Å²) < 4.78 is 18.3. The summed E-state index contributed by atoms with van der Waals surface area (Å²) in [7, 11) is 0. The molecule has 0 spiro atoms. The van der Waals surface area contributed by atoms with Gasteiger partial charge in [-0.3, -0.25) is 5.32 Å². The van der Waals surface area contributed by atoms with Gasteiger partial charge in [-0.1, -0.05) is 15.9 Å². The number of carbonyl (C=O) groups is 1. The van der Waals surface area contributed by atoms with E-state index in [1.807, 2.05) is 0 Å². The molecule has 82 valence electrons. The molecule has 1 aromatic rings. The average Bonchev–Trinajstić information content (AvgIpc) is 2.20. The zero-order valence-corrected chi connectivity index (χ0v) is 9.25. The highest BCUT2D eigenvalue weighted by atomic mass is 79.9. The molecule has 0 radical (unpaired) electrons. The van der Waals surface area contributed by atoms with Gasteiger partial charge in [0, 0.05) is 4.47 Å². The number of aliphatic hydroxyl groups excluding tert-OH is 1. The maximum atomic E-state index is 13.1. The Morgan fingerprint density at radius 2 is 2.33 bits per heavy atom. The highest BCUT2D eigenvalue weighted by Crippen LogP contribution is 2.19. The van der Waals surface area contributed by atoms with Crippen LogP contribution in [0.3, 0.4) is 0 Å². The number of hydrogen-bond acceptors (Lipinski definition) is 3. The molecule has 15 heavy (non-hydrogen) atoms. The van der Waals surface area contributed by atoms with Crippen LogP contribution in [0.1, 0.15) is 0 Å². The molecular weight excluding hydrogens is 269 g/mol.